The number of halogens is 1. The second kappa shape index (κ2) is 6.33. The van der Waals surface area contributed by atoms with Crippen LogP contribution >= 0.6 is 15.9 Å². The number of carbonyl (C=O) groups excluding carboxylic acids is 1. The monoisotopic (exact) mass is 319 g/mol. The largest absolute Gasteiger partial charge is 0.399 e. The van der Waals surface area contributed by atoms with Crippen LogP contribution in [0.3, 0.4) is 0 Å². The summed E-state index contributed by atoms with van der Waals surface area (Å²) >= 11 is 3.34. The summed E-state index contributed by atoms with van der Waals surface area (Å²) in [7, 11) is 0. The van der Waals surface area contributed by atoms with Crippen molar-refractivity contribution in [1.82, 2.24) is 4.98 Å². The molecule has 0 fully saturated rings. The number of pyridine rings is 1. The lowest BCUT2D eigenvalue weighted by Crippen LogP contribution is -2.12. The number of carbonyl (C=O) groups is 1. The number of hydrogen-bond donors (Lipinski definition) is 2. The van der Waals surface area contributed by atoms with E-state index in [1.165, 1.54) is 0 Å². The van der Waals surface area contributed by atoms with Gasteiger partial charge in [0.1, 0.15) is 0 Å². The first-order chi connectivity index (χ1) is 9.15. The van der Waals surface area contributed by atoms with E-state index in [0.29, 0.717) is 12.8 Å². The van der Waals surface area contributed by atoms with Gasteiger partial charge in [0.15, 0.2) is 0 Å². The molecule has 0 bridgehead atoms. The van der Waals surface area contributed by atoms with E-state index in [-0.39, 0.29) is 5.91 Å². The molecule has 4 nitrogen and oxygen atoms in total. The number of benzene rings is 1. The van der Waals surface area contributed by atoms with Gasteiger partial charge in [-0.3, -0.25) is 9.78 Å². The van der Waals surface area contributed by atoms with E-state index >= 15 is 0 Å². The first-order valence-electron chi connectivity index (χ1n) is 5.89. The van der Waals surface area contributed by atoms with Crippen molar-refractivity contribution in [3.8, 4) is 0 Å². The van der Waals surface area contributed by atoms with Crippen LogP contribution in [-0.2, 0) is 11.2 Å². The van der Waals surface area contributed by atoms with Gasteiger partial charge < -0.3 is 11.1 Å². The lowest BCUT2D eigenvalue weighted by molar-refractivity contribution is -0.116. The van der Waals surface area contributed by atoms with Gasteiger partial charge in [0.25, 0.3) is 0 Å². The number of nitrogens with two attached hydrogens (primary N) is 1. The van der Waals surface area contributed by atoms with Crippen molar-refractivity contribution < 1.29 is 4.79 Å². The zero-order valence-electron chi connectivity index (χ0n) is 10.3. The molecule has 19 heavy (non-hydrogen) atoms. The minimum absolute atomic E-state index is 0.0243. The van der Waals surface area contributed by atoms with Crippen LogP contribution in [0.15, 0.2) is 47.2 Å². The van der Waals surface area contributed by atoms with Gasteiger partial charge in [-0.15, -0.1) is 0 Å². The van der Waals surface area contributed by atoms with Crippen LogP contribution in [-0.4, -0.2) is 10.9 Å². The molecule has 2 rings (SSSR count). The second-order valence-corrected chi connectivity index (χ2v) is 5.00. The fourth-order valence-corrected chi connectivity index (χ4v) is 1.98. The molecule has 0 saturated heterocycles. The first kappa shape index (κ1) is 13.5. The van der Waals surface area contributed by atoms with Crippen molar-refractivity contribution in [3.63, 3.8) is 0 Å². The third-order valence-corrected chi connectivity index (χ3v) is 3.30. The Bertz CT molecular complexity index is 569. The quantitative estimate of drug-likeness (QED) is 0.851. The van der Waals surface area contributed by atoms with E-state index in [9.17, 15) is 4.79 Å². The molecule has 0 aliphatic rings. The summed E-state index contributed by atoms with van der Waals surface area (Å²) in [4.78, 5) is 15.8. The minimum Gasteiger partial charge on any atom is -0.399 e. The summed E-state index contributed by atoms with van der Waals surface area (Å²) in [5.74, 6) is -0.0243. The highest BCUT2D eigenvalue weighted by atomic mass is 79.9. The van der Waals surface area contributed by atoms with E-state index < -0.39 is 0 Å². The normalized spacial score (nSPS) is 10.2. The topological polar surface area (TPSA) is 68.0 Å². The molecule has 0 saturated carbocycles. The van der Waals surface area contributed by atoms with Crippen LogP contribution < -0.4 is 11.1 Å². The van der Waals surface area contributed by atoms with E-state index in [1.807, 2.05) is 24.3 Å². The maximum atomic E-state index is 11.8. The maximum Gasteiger partial charge on any atom is 0.224 e. The number of nitrogen functional groups attached to an aromatic ring is 1. The Morgan fingerprint density at radius 1 is 1.26 bits per heavy atom. The highest BCUT2D eigenvalue weighted by molar-refractivity contribution is 9.10. The molecule has 1 aromatic heterocycles. The first-order valence-corrected chi connectivity index (χ1v) is 6.68. The van der Waals surface area contributed by atoms with E-state index in [1.54, 1.807) is 18.5 Å². The molecule has 0 aliphatic heterocycles. The van der Waals surface area contributed by atoms with Crippen molar-refractivity contribution in [2.24, 2.45) is 0 Å². The summed E-state index contributed by atoms with van der Waals surface area (Å²) < 4.78 is 0.774. The van der Waals surface area contributed by atoms with E-state index in [4.69, 9.17) is 5.73 Å². The number of nitrogens with one attached hydrogen (secondary N) is 1. The van der Waals surface area contributed by atoms with Gasteiger partial charge in [0.2, 0.25) is 5.91 Å². The Kier molecular flexibility index (Phi) is 4.52. The van der Waals surface area contributed by atoms with Gasteiger partial charge >= 0.3 is 0 Å². The third kappa shape index (κ3) is 4.06. The number of hydrogen-bond acceptors (Lipinski definition) is 3. The standard InChI is InChI=1S/C14H14BrN3O/c15-12-9-17-8-7-13(12)18-14(19)6-3-10-1-4-11(16)5-2-10/h1-2,4-5,7-9H,3,6,16H2,(H,17,18,19). The predicted octanol–water partition coefficient (Wildman–Crippen LogP) is 3.00. The van der Waals surface area contributed by atoms with Gasteiger partial charge in [-0.05, 0) is 46.1 Å². The number of rotatable bonds is 4. The van der Waals surface area contributed by atoms with Gasteiger partial charge in [0.05, 0.1) is 10.2 Å². The van der Waals surface area contributed by atoms with Gasteiger partial charge in [-0.25, -0.2) is 0 Å². The lowest BCUT2D eigenvalue weighted by Gasteiger charge is -2.07. The van der Waals surface area contributed by atoms with Crippen molar-refractivity contribution in [2.45, 2.75) is 12.8 Å². The SMILES string of the molecule is Nc1ccc(CCC(=O)Nc2ccncc2Br)cc1. The van der Waals surface area contributed by atoms with Gasteiger partial charge in [-0.1, -0.05) is 12.1 Å². The molecule has 0 aliphatic carbocycles. The van der Waals surface area contributed by atoms with Crippen molar-refractivity contribution in [1.29, 1.82) is 0 Å². The zero-order chi connectivity index (χ0) is 13.7. The number of anilines is 2. The molecule has 0 atom stereocenters. The Labute approximate surface area is 120 Å². The van der Waals surface area contributed by atoms with Crippen LogP contribution in [0.4, 0.5) is 11.4 Å². The number of nitrogens with zero attached hydrogens (tertiary/aromatic N) is 1. The average Bonchev–Trinajstić information content (AvgIpc) is 2.41. The van der Waals surface area contributed by atoms with Crippen LogP contribution in [0.25, 0.3) is 0 Å². The number of amides is 1. The molecule has 0 spiro atoms. The maximum absolute atomic E-state index is 11.8. The smallest absolute Gasteiger partial charge is 0.224 e. The molecule has 3 N–H and O–H groups in total. The lowest BCUT2D eigenvalue weighted by atomic mass is 10.1. The minimum atomic E-state index is -0.0243. The Morgan fingerprint density at radius 2 is 2.00 bits per heavy atom. The molecule has 0 radical (unpaired) electrons. The fourth-order valence-electron chi connectivity index (χ4n) is 1.63. The highest BCUT2D eigenvalue weighted by Gasteiger charge is 2.05. The molecule has 1 heterocycles. The number of aryl methyl sites for hydroxylation is 1. The molecule has 5 heteroatoms. The van der Waals surface area contributed by atoms with E-state index in [2.05, 4.69) is 26.2 Å². The molecule has 0 unspecified atom stereocenters. The van der Waals surface area contributed by atoms with Crippen LogP contribution in [0.1, 0.15) is 12.0 Å². The summed E-state index contributed by atoms with van der Waals surface area (Å²) in [5.41, 5.74) is 8.17. The van der Waals surface area contributed by atoms with Crippen molar-refractivity contribution in [3.05, 3.63) is 52.8 Å². The molecular formula is C14H14BrN3O. The molecular weight excluding hydrogens is 306 g/mol. The number of aromatic nitrogens is 1. The molecule has 2 aromatic rings. The zero-order valence-corrected chi connectivity index (χ0v) is 11.9. The van der Waals surface area contributed by atoms with Crippen molar-refractivity contribution >= 4 is 33.2 Å². The van der Waals surface area contributed by atoms with Gasteiger partial charge in [-0.2, -0.15) is 0 Å². The average molecular weight is 320 g/mol. The van der Waals surface area contributed by atoms with Crippen molar-refractivity contribution in [2.75, 3.05) is 11.1 Å². The van der Waals surface area contributed by atoms with Gasteiger partial charge in [0, 0.05) is 24.5 Å². The summed E-state index contributed by atoms with van der Waals surface area (Å²) in [6.45, 7) is 0. The van der Waals surface area contributed by atoms with Crippen LogP contribution in [0.2, 0.25) is 0 Å². The molecule has 1 aromatic carbocycles. The Hall–Kier alpha value is -1.88. The highest BCUT2D eigenvalue weighted by Crippen LogP contribution is 2.20. The fraction of sp³-hybridized carbons (Fsp3) is 0.143. The van der Waals surface area contributed by atoms with E-state index in [0.717, 1.165) is 21.4 Å². The molecule has 98 valence electrons. The summed E-state index contributed by atoms with van der Waals surface area (Å²) in [5, 5.41) is 2.84. The summed E-state index contributed by atoms with van der Waals surface area (Å²) in [6, 6.07) is 9.31. The van der Waals surface area contributed by atoms with Crippen LogP contribution in [0.5, 0.6) is 0 Å². The third-order valence-electron chi connectivity index (χ3n) is 2.67. The van der Waals surface area contributed by atoms with Crippen LogP contribution in [0, 0.1) is 0 Å². The molecule has 1 amide bonds. The summed E-state index contributed by atoms with van der Waals surface area (Å²) in [6.07, 6.45) is 4.41. The Balaban J connectivity index is 1.88. The Morgan fingerprint density at radius 3 is 2.68 bits per heavy atom. The predicted molar refractivity (Wildman–Crippen MR) is 79.7 cm³/mol. The second-order valence-electron chi connectivity index (χ2n) is 4.15.